The molecule has 0 unspecified atom stereocenters. The molecule has 0 aromatic heterocycles. The molecular weight excluding hydrogens is 550 g/mol. The van der Waals surface area contributed by atoms with Crippen molar-refractivity contribution < 1.29 is 168 Å². The van der Waals surface area contributed by atoms with E-state index in [0.717, 1.165) is 0 Å². The molecule has 0 saturated carbocycles. The maximum atomic E-state index is 8.52. The van der Waals surface area contributed by atoms with Crippen molar-refractivity contribution in [1.29, 1.82) is 0 Å². The summed E-state index contributed by atoms with van der Waals surface area (Å²) in [5.41, 5.74) is 0. The summed E-state index contributed by atoms with van der Waals surface area (Å²) < 4.78 is 42.6. The van der Waals surface area contributed by atoms with Gasteiger partial charge < -0.3 is 70.3 Å². The fraction of sp³-hybridized carbons (Fsp3) is 0. The average molecular weight is 550 g/mol. The molecule has 0 aromatic carbocycles. The van der Waals surface area contributed by atoms with Crippen molar-refractivity contribution in [2.24, 2.45) is 0 Å². The fourth-order valence-corrected chi connectivity index (χ4v) is 0. The van der Waals surface area contributed by atoms with Crippen LogP contribution >= 0.6 is 0 Å². The normalized spacial score (nSPS) is 4.80. The van der Waals surface area contributed by atoms with Crippen LogP contribution in [0.4, 0.5) is 0 Å². The predicted molar refractivity (Wildman–Crippen MR) is 43.7 cm³/mol. The van der Waals surface area contributed by atoms with E-state index < -0.39 is 45.9 Å². The van der Waals surface area contributed by atoms with Crippen molar-refractivity contribution in [3.8, 4) is 0 Å². The molecule has 125 valence electrons. The molecule has 15 nitrogen and oxygen atoms in total. The number of rotatable bonds is 0. The molecular formula is AlFeKMgNaO15Si5. The van der Waals surface area contributed by atoms with E-state index in [1.165, 1.54) is 0 Å². The Balaban J connectivity index is -0.0000000134. The van der Waals surface area contributed by atoms with Gasteiger partial charge in [-0.15, -0.1) is 0 Å². The largest absolute Gasteiger partial charge is 3.00 e. The van der Waals surface area contributed by atoms with E-state index in [9.17, 15) is 0 Å². The summed E-state index contributed by atoms with van der Waals surface area (Å²) in [6.45, 7) is 0. The summed E-state index contributed by atoms with van der Waals surface area (Å²) in [6, 6.07) is 0. The second kappa shape index (κ2) is 56.3. The summed E-state index contributed by atoms with van der Waals surface area (Å²) in [5, 5.41) is 0. The molecule has 0 bridgehead atoms. The third-order valence-corrected chi connectivity index (χ3v) is 0. The van der Waals surface area contributed by atoms with E-state index in [0.29, 0.717) is 0 Å². The summed E-state index contributed by atoms with van der Waals surface area (Å²) in [5.74, 6) is 0. The first-order chi connectivity index (χ1) is 8.66. The molecule has 1 radical (unpaired) electrons. The van der Waals surface area contributed by atoms with Gasteiger partial charge in [0.25, 0.3) is 0 Å². The predicted octanol–water partition coefficient (Wildman–Crippen LogP) is -21.1. The Morgan fingerprint density at radius 2 is 0.440 bits per heavy atom. The Morgan fingerprint density at radius 3 is 0.440 bits per heavy atom. The van der Waals surface area contributed by atoms with Crippen LogP contribution in [0.3, 0.4) is 0 Å². The van der Waals surface area contributed by atoms with Gasteiger partial charge in [0.2, 0.25) is 0 Å². The minimum absolute atomic E-state index is 0. The Hall–Kier alpha value is 2.54. The van der Waals surface area contributed by atoms with E-state index >= 15 is 0 Å². The Bertz CT molecular complexity index is 231. The molecule has 0 aliphatic rings. The molecule has 0 aliphatic carbocycles. The van der Waals surface area contributed by atoms with Gasteiger partial charge in [-0.2, -0.15) is 0 Å². The van der Waals surface area contributed by atoms with Crippen LogP contribution in [0.1, 0.15) is 0 Å². The van der Waals surface area contributed by atoms with Gasteiger partial charge in [-0.25, -0.2) is 0 Å². The summed E-state index contributed by atoms with van der Waals surface area (Å²) in [7, 11) is -18.1. The molecule has 0 aromatic rings. The quantitative estimate of drug-likeness (QED) is 0.253. The Kier molecular flexibility index (Phi) is 142. The summed E-state index contributed by atoms with van der Waals surface area (Å²) in [6.07, 6.45) is 0. The third kappa shape index (κ3) is 2480. The van der Waals surface area contributed by atoms with Gasteiger partial charge in [0.15, 0.2) is 0 Å². The van der Waals surface area contributed by atoms with Crippen LogP contribution in [0.15, 0.2) is 0 Å². The Labute approximate surface area is 250 Å². The van der Waals surface area contributed by atoms with Crippen LogP contribution in [0, 0.1) is 0 Å². The van der Waals surface area contributed by atoms with Gasteiger partial charge in [0.05, 0.1) is 0 Å². The van der Waals surface area contributed by atoms with E-state index in [-0.39, 0.29) is 138 Å². The first kappa shape index (κ1) is 63.1. The number of hydrogen-bond acceptors (Lipinski definition) is 15. The zero-order valence-electron chi connectivity index (χ0n) is 12.3. The minimum Gasteiger partial charge on any atom is -0.672 e. The Morgan fingerprint density at radius 1 is 0.440 bits per heavy atom. The average Bonchev–Trinajstić information content (AvgIpc) is 1.94. The van der Waals surface area contributed by atoms with E-state index in [1.807, 2.05) is 0 Å². The first-order valence-electron chi connectivity index (χ1n) is 3.06. The van der Waals surface area contributed by atoms with E-state index in [2.05, 4.69) is 0 Å². The first-order valence-corrected chi connectivity index (χ1v) is 9.19. The molecule has 0 saturated heterocycles. The molecule has 0 fully saturated rings. The fourth-order valence-electron chi connectivity index (χ4n) is 0. The molecule has 25 heavy (non-hydrogen) atoms. The third-order valence-electron chi connectivity index (χ3n) is 0. The van der Waals surface area contributed by atoms with Crippen molar-refractivity contribution in [3.05, 3.63) is 0 Å². The molecule has 0 aliphatic heterocycles. The van der Waals surface area contributed by atoms with E-state index in [1.54, 1.807) is 0 Å². The van der Waals surface area contributed by atoms with Gasteiger partial charge in [0.1, 0.15) is 0 Å². The topological polar surface area (TPSA) is 316 Å². The van der Waals surface area contributed by atoms with Crippen LogP contribution in [0.5, 0.6) is 0 Å². The minimum atomic E-state index is -3.63. The van der Waals surface area contributed by atoms with Gasteiger partial charge >= 0.3 is 138 Å². The molecule has 0 N–H and O–H groups in total. The maximum absolute atomic E-state index is 8.52. The van der Waals surface area contributed by atoms with Crippen molar-refractivity contribution >= 4 is 86.3 Å². The summed E-state index contributed by atoms with van der Waals surface area (Å²) in [4.78, 5) is 85.2. The summed E-state index contributed by atoms with van der Waals surface area (Å²) >= 11 is 0. The monoisotopic (exact) mass is 549 g/mol. The molecule has 0 amide bonds. The van der Waals surface area contributed by atoms with Gasteiger partial charge in [-0.1, -0.05) is 0 Å². The second-order valence-electron chi connectivity index (χ2n) is 1.25. The van der Waals surface area contributed by atoms with Crippen LogP contribution in [0.2, 0.25) is 0 Å². The zero-order valence-corrected chi connectivity index (χ0v) is 26.1. The standard InChI is InChI=1S/Al.Fe.K.Mg.Na.5O3Si/c;;;;;5*1-4(2)3/q2*+3;+1;+2;+1;5*-2. The maximum Gasteiger partial charge on any atom is 3.00 e. The molecule has 25 heteroatoms. The second-order valence-corrected chi connectivity index (χ2v) is 3.75. The molecule has 0 heterocycles. The van der Waals surface area contributed by atoms with Gasteiger partial charge in [0, 0.05) is 45.9 Å². The van der Waals surface area contributed by atoms with Crippen molar-refractivity contribution in [1.82, 2.24) is 0 Å². The van der Waals surface area contributed by atoms with Crippen LogP contribution in [-0.4, -0.2) is 86.3 Å². The SMILES string of the molecule is O=[Si]([O-])[O-].O=[Si]([O-])[O-].O=[Si]([O-])[O-].O=[Si]([O-])[O-].O=[Si]([O-])[O-].[Al+3].[Fe+3].[K+].[Mg+2].[Na+]. The van der Waals surface area contributed by atoms with Gasteiger partial charge in [-0.05, 0) is 0 Å². The van der Waals surface area contributed by atoms with Crippen molar-refractivity contribution in [2.75, 3.05) is 0 Å². The van der Waals surface area contributed by atoms with E-state index in [4.69, 9.17) is 70.3 Å². The van der Waals surface area contributed by atoms with Crippen molar-refractivity contribution in [3.63, 3.8) is 0 Å². The molecule has 0 spiro atoms. The zero-order chi connectivity index (χ0) is 17.9. The van der Waals surface area contributed by atoms with Crippen molar-refractivity contribution in [2.45, 2.75) is 0 Å². The molecule has 0 atom stereocenters. The smallest absolute Gasteiger partial charge is 0.672 e. The van der Waals surface area contributed by atoms with Gasteiger partial charge in [-0.3, -0.25) is 0 Å². The number of hydrogen-bond donors (Lipinski definition) is 0. The molecule has 0 rings (SSSR count). The van der Waals surface area contributed by atoms with Crippen LogP contribution < -0.4 is 129 Å². The van der Waals surface area contributed by atoms with Crippen LogP contribution in [-0.2, 0) is 39.4 Å². The van der Waals surface area contributed by atoms with Crippen LogP contribution in [0.25, 0.3) is 0 Å².